The number of hydrogen-bond acceptors (Lipinski definition) is 4. The summed E-state index contributed by atoms with van der Waals surface area (Å²) in [6, 6.07) is 11.7. The molecule has 0 saturated carbocycles. The Labute approximate surface area is 166 Å². The van der Waals surface area contributed by atoms with E-state index in [1.54, 1.807) is 17.0 Å². The zero-order valence-corrected chi connectivity index (χ0v) is 16.9. The van der Waals surface area contributed by atoms with E-state index in [-0.39, 0.29) is 17.9 Å². The largest absolute Gasteiger partial charge is 0.459 e. The fraction of sp³-hybridized carbons (Fsp3) is 0.455. The van der Waals surface area contributed by atoms with Gasteiger partial charge in [-0.05, 0) is 70.0 Å². The number of furan rings is 1. The van der Waals surface area contributed by atoms with Crippen LogP contribution in [0.2, 0.25) is 0 Å². The molecule has 1 aliphatic rings. The van der Waals surface area contributed by atoms with E-state index in [0.29, 0.717) is 30.5 Å². The van der Waals surface area contributed by atoms with E-state index in [2.05, 4.69) is 31.0 Å². The molecule has 6 heteroatoms. The number of anilines is 1. The van der Waals surface area contributed by atoms with Gasteiger partial charge in [0, 0.05) is 43.0 Å². The molecule has 28 heavy (non-hydrogen) atoms. The lowest BCUT2D eigenvalue weighted by atomic mass is 10.0. The molecule has 1 saturated heterocycles. The summed E-state index contributed by atoms with van der Waals surface area (Å²) in [4.78, 5) is 29.0. The monoisotopic (exact) mass is 383 g/mol. The number of amides is 2. The van der Waals surface area contributed by atoms with Crippen LogP contribution >= 0.6 is 0 Å². The Hall–Kier alpha value is -2.76. The van der Waals surface area contributed by atoms with Crippen molar-refractivity contribution in [1.82, 2.24) is 10.2 Å². The summed E-state index contributed by atoms with van der Waals surface area (Å²) in [7, 11) is 0. The van der Waals surface area contributed by atoms with Gasteiger partial charge in [0.05, 0.1) is 6.26 Å². The highest BCUT2D eigenvalue weighted by atomic mass is 16.3. The third-order valence-corrected chi connectivity index (χ3v) is 5.27. The average Bonchev–Trinajstić information content (AvgIpc) is 3.23. The molecule has 0 atom stereocenters. The minimum atomic E-state index is -0.0870. The van der Waals surface area contributed by atoms with Gasteiger partial charge >= 0.3 is 0 Å². The van der Waals surface area contributed by atoms with Crippen LogP contribution < -0.4 is 10.2 Å². The van der Waals surface area contributed by atoms with Crippen LogP contribution in [0.4, 0.5) is 5.69 Å². The molecule has 0 aliphatic carbocycles. The van der Waals surface area contributed by atoms with E-state index in [0.717, 1.165) is 25.1 Å². The molecule has 1 aliphatic heterocycles. The maximum absolute atomic E-state index is 12.6. The second-order valence-electron chi connectivity index (χ2n) is 7.44. The molecule has 0 radical (unpaired) electrons. The second kappa shape index (κ2) is 8.95. The van der Waals surface area contributed by atoms with E-state index < -0.39 is 0 Å². The Morgan fingerprint density at radius 1 is 1.18 bits per heavy atom. The smallest absolute Gasteiger partial charge is 0.289 e. The van der Waals surface area contributed by atoms with E-state index >= 15 is 0 Å². The molecule has 150 valence electrons. The zero-order chi connectivity index (χ0) is 20.1. The van der Waals surface area contributed by atoms with Crippen LogP contribution in [0.25, 0.3) is 0 Å². The van der Waals surface area contributed by atoms with Crippen LogP contribution in [0.3, 0.4) is 0 Å². The summed E-state index contributed by atoms with van der Waals surface area (Å²) < 4.78 is 5.18. The number of piperidine rings is 1. The van der Waals surface area contributed by atoms with Crippen molar-refractivity contribution in [2.24, 2.45) is 0 Å². The molecule has 0 spiro atoms. The van der Waals surface area contributed by atoms with Gasteiger partial charge in [-0.25, -0.2) is 0 Å². The highest BCUT2D eigenvalue weighted by Gasteiger charge is 2.26. The molecule has 0 bridgehead atoms. The van der Waals surface area contributed by atoms with Crippen molar-refractivity contribution in [3.8, 4) is 0 Å². The Kier molecular flexibility index (Phi) is 6.39. The lowest BCUT2D eigenvalue weighted by molar-refractivity contribution is 0.0667. The first kappa shape index (κ1) is 20.0. The summed E-state index contributed by atoms with van der Waals surface area (Å²) in [5.41, 5.74) is 1.79. The maximum atomic E-state index is 12.6. The number of nitrogens with zero attached hydrogens (tertiary/aromatic N) is 2. The third kappa shape index (κ3) is 4.55. The predicted octanol–water partition coefficient (Wildman–Crippen LogP) is 3.55. The fourth-order valence-corrected chi connectivity index (χ4v) is 3.70. The minimum absolute atomic E-state index is 0.0602. The first-order valence-electron chi connectivity index (χ1n) is 10.00. The quantitative estimate of drug-likeness (QED) is 0.828. The van der Waals surface area contributed by atoms with Crippen molar-refractivity contribution in [2.45, 2.75) is 45.7 Å². The molecule has 2 aromatic rings. The SMILES string of the molecule is CCN(c1ccc(C(=O)NC2CCN(C(=O)c3ccco3)CC2)cc1)C(C)C. The third-order valence-electron chi connectivity index (χ3n) is 5.27. The lowest BCUT2D eigenvalue weighted by Crippen LogP contribution is -2.46. The molecule has 2 heterocycles. The van der Waals surface area contributed by atoms with Crippen molar-refractivity contribution in [2.75, 3.05) is 24.5 Å². The van der Waals surface area contributed by atoms with E-state index in [1.807, 2.05) is 24.3 Å². The number of benzene rings is 1. The molecule has 1 aromatic heterocycles. The van der Waals surface area contributed by atoms with E-state index in [9.17, 15) is 9.59 Å². The number of nitrogens with one attached hydrogen (secondary N) is 1. The van der Waals surface area contributed by atoms with Crippen molar-refractivity contribution in [3.63, 3.8) is 0 Å². The Morgan fingerprint density at radius 3 is 2.39 bits per heavy atom. The fourth-order valence-electron chi connectivity index (χ4n) is 3.70. The molecule has 1 fully saturated rings. The minimum Gasteiger partial charge on any atom is -0.459 e. The molecule has 3 rings (SSSR count). The number of carbonyl (C=O) groups is 2. The first-order valence-corrected chi connectivity index (χ1v) is 10.00. The van der Waals surface area contributed by atoms with Gasteiger partial charge in [0.1, 0.15) is 0 Å². The molecule has 6 nitrogen and oxygen atoms in total. The summed E-state index contributed by atoms with van der Waals surface area (Å²) in [6.45, 7) is 8.61. The van der Waals surface area contributed by atoms with Crippen LogP contribution in [0, 0.1) is 0 Å². The standard InChI is InChI=1S/C22H29N3O3/c1-4-25(16(2)3)19-9-7-17(8-10-19)21(26)23-18-11-13-24(14-12-18)22(27)20-6-5-15-28-20/h5-10,15-16,18H,4,11-14H2,1-3H3,(H,23,26). The number of hydrogen-bond donors (Lipinski definition) is 1. The van der Waals surface area contributed by atoms with Gasteiger partial charge in [0.15, 0.2) is 5.76 Å². The van der Waals surface area contributed by atoms with Gasteiger partial charge in [0.25, 0.3) is 11.8 Å². The predicted molar refractivity (Wildman–Crippen MR) is 110 cm³/mol. The van der Waals surface area contributed by atoms with Crippen molar-refractivity contribution >= 4 is 17.5 Å². The number of carbonyl (C=O) groups excluding carboxylic acids is 2. The van der Waals surface area contributed by atoms with Crippen LogP contribution in [-0.2, 0) is 0 Å². The highest BCUT2D eigenvalue weighted by Crippen LogP contribution is 2.19. The molecular weight excluding hydrogens is 354 g/mol. The topological polar surface area (TPSA) is 65.8 Å². The first-order chi connectivity index (χ1) is 13.5. The second-order valence-corrected chi connectivity index (χ2v) is 7.44. The van der Waals surface area contributed by atoms with Gasteiger partial charge in [-0.2, -0.15) is 0 Å². The molecular formula is C22H29N3O3. The molecule has 1 aromatic carbocycles. The Balaban J connectivity index is 1.52. The average molecular weight is 383 g/mol. The number of likely N-dealkylation sites (tertiary alicyclic amines) is 1. The Morgan fingerprint density at radius 2 is 1.86 bits per heavy atom. The summed E-state index contributed by atoms with van der Waals surface area (Å²) >= 11 is 0. The maximum Gasteiger partial charge on any atom is 0.289 e. The van der Waals surface area contributed by atoms with Crippen LogP contribution in [0.1, 0.15) is 54.5 Å². The molecule has 1 N–H and O–H groups in total. The lowest BCUT2D eigenvalue weighted by Gasteiger charge is -2.32. The van der Waals surface area contributed by atoms with Gasteiger partial charge in [-0.1, -0.05) is 0 Å². The molecule has 2 amide bonds. The summed E-state index contributed by atoms with van der Waals surface area (Å²) in [5, 5.41) is 3.10. The van der Waals surface area contributed by atoms with Crippen molar-refractivity contribution < 1.29 is 14.0 Å². The molecule has 0 unspecified atom stereocenters. The summed E-state index contributed by atoms with van der Waals surface area (Å²) in [6.07, 6.45) is 2.99. The van der Waals surface area contributed by atoms with Crippen molar-refractivity contribution in [3.05, 3.63) is 54.0 Å². The van der Waals surface area contributed by atoms with E-state index in [4.69, 9.17) is 4.42 Å². The van der Waals surface area contributed by atoms with Crippen LogP contribution in [0.15, 0.2) is 47.1 Å². The van der Waals surface area contributed by atoms with Crippen LogP contribution in [-0.4, -0.2) is 48.4 Å². The van der Waals surface area contributed by atoms with Gasteiger partial charge < -0.3 is 19.5 Å². The number of rotatable bonds is 6. The zero-order valence-electron chi connectivity index (χ0n) is 16.9. The van der Waals surface area contributed by atoms with Crippen molar-refractivity contribution in [1.29, 1.82) is 0 Å². The Bertz CT molecular complexity index is 776. The summed E-state index contributed by atoms with van der Waals surface area (Å²) in [5.74, 6) is 0.219. The normalized spacial score (nSPS) is 14.9. The van der Waals surface area contributed by atoms with Crippen LogP contribution in [0.5, 0.6) is 0 Å². The van der Waals surface area contributed by atoms with Gasteiger partial charge in [0.2, 0.25) is 0 Å². The van der Waals surface area contributed by atoms with E-state index in [1.165, 1.54) is 6.26 Å². The van der Waals surface area contributed by atoms with Gasteiger partial charge in [-0.15, -0.1) is 0 Å². The highest BCUT2D eigenvalue weighted by molar-refractivity contribution is 5.95. The van der Waals surface area contributed by atoms with Gasteiger partial charge in [-0.3, -0.25) is 9.59 Å².